The Balaban J connectivity index is 1.71. The van der Waals surface area contributed by atoms with Gasteiger partial charge >= 0.3 is 0 Å². The lowest BCUT2D eigenvalue weighted by atomic mass is 10.0. The van der Waals surface area contributed by atoms with Crippen LogP contribution >= 0.6 is 0 Å². The van der Waals surface area contributed by atoms with Crippen LogP contribution in [0.25, 0.3) is 0 Å². The van der Waals surface area contributed by atoms with E-state index in [0.29, 0.717) is 13.0 Å². The molecule has 0 unspecified atom stereocenters. The van der Waals surface area contributed by atoms with Crippen molar-refractivity contribution >= 4 is 5.91 Å². The SMILES string of the molecule is COc1ccc(CCCC(=O)NCc2ccco2)cc1C. The molecule has 1 aromatic carbocycles. The molecule has 4 heteroatoms. The Bertz CT molecular complexity index is 576. The molecule has 0 aliphatic rings. The van der Waals surface area contributed by atoms with Crippen molar-refractivity contribution < 1.29 is 13.9 Å². The van der Waals surface area contributed by atoms with Gasteiger partial charge in [-0.05, 0) is 49.1 Å². The molecule has 0 radical (unpaired) electrons. The van der Waals surface area contributed by atoms with Gasteiger partial charge in [0.1, 0.15) is 11.5 Å². The number of aryl methyl sites for hydroxylation is 2. The highest BCUT2D eigenvalue weighted by Gasteiger charge is 2.04. The summed E-state index contributed by atoms with van der Waals surface area (Å²) in [5, 5.41) is 2.85. The van der Waals surface area contributed by atoms with Crippen LogP contribution in [0.5, 0.6) is 5.75 Å². The zero-order valence-corrected chi connectivity index (χ0v) is 12.5. The van der Waals surface area contributed by atoms with Crippen LogP contribution in [0.1, 0.15) is 29.7 Å². The molecule has 4 nitrogen and oxygen atoms in total. The molecule has 2 aromatic rings. The van der Waals surface area contributed by atoms with Crippen LogP contribution in [-0.4, -0.2) is 13.0 Å². The van der Waals surface area contributed by atoms with Crippen molar-refractivity contribution in [2.24, 2.45) is 0 Å². The van der Waals surface area contributed by atoms with E-state index in [1.54, 1.807) is 13.4 Å². The molecule has 2 rings (SSSR count). The third kappa shape index (κ3) is 4.67. The number of hydrogen-bond acceptors (Lipinski definition) is 3. The summed E-state index contributed by atoms with van der Waals surface area (Å²) in [5.41, 5.74) is 2.35. The Morgan fingerprint density at radius 1 is 1.33 bits per heavy atom. The summed E-state index contributed by atoms with van der Waals surface area (Å²) in [4.78, 5) is 11.7. The molecule has 21 heavy (non-hydrogen) atoms. The topological polar surface area (TPSA) is 51.5 Å². The summed E-state index contributed by atoms with van der Waals surface area (Å²) < 4.78 is 10.4. The molecule has 1 N–H and O–H groups in total. The second kappa shape index (κ2) is 7.53. The molecule has 0 fully saturated rings. The molecular weight excluding hydrogens is 266 g/mol. The minimum atomic E-state index is 0.0524. The number of hydrogen-bond donors (Lipinski definition) is 1. The van der Waals surface area contributed by atoms with Gasteiger partial charge in [0.05, 0.1) is 19.9 Å². The quantitative estimate of drug-likeness (QED) is 0.850. The van der Waals surface area contributed by atoms with Gasteiger partial charge in [-0.15, -0.1) is 0 Å². The molecule has 0 atom stereocenters. The molecule has 1 amide bonds. The van der Waals surface area contributed by atoms with E-state index in [1.165, 1.54) is 5.56 Å². The standard InChI is InChI=1S/C17H21NO3/c1-13-11-14(8-9-16(13)20-2)5-3-7-17(19)18-12-15-6-4-10-21-15/h4,6,8-11H,3,5,7,12H2,1-2H3,(H,18,19). The summed E-state index contributed by atoms with van der Waals surface area (Å²) >= 11 is 0. The predicted octanol–water partition coefficient (Wildman–Crippen LogP) is 3.24. The van der Waals surface area contributed by atoms with Crippen molar-refractivity contribution in [2.45, 2.75) is 32.7 Å². The lowest BCUT2D eigenvalue weighted by molar-refractivity contribution is -0.121. The zero-order chi connectivity index (χ0) is 15.1. The maximum absolute atomic E-state index is 11.7. The first-order chi connectivity index (χ1) is 10.2. The van der Waals surface area contributed by atoms with Gasteiger partial charge in [0.2, 0.25) is 5.91 Å². The van der Waals surface area contributed by atoms with Gasteiger partial charge in [-0.2, -0.15) is 0 Å². The monoisotopic (exact) mass is 287 g/mol. The number of nitrogens with one attached hydrogen (secondary N) is 1. The van der Waals surface area contributed by atoms with Crippen LogP contribution in [-0.2, 0) is 17.8 Å². The summed E-state index contributed by atoms with van der Waals surface area (Å²) in [5.74, 6) is 1.72. The molecule has 0 bridgehead atoms. The third-order valence-electron chi connectivity index (χ3n) is 3.37. The number of methoxy groups -OCH3 is 1. The summed E-state index contributed by atoms with van der Waals surface area (Å²) in [6.07, 6.45) is 3.84. The second-order valence-electron chi connectivity index (χ2n) is 5.01. The van der Waals surface area contributed by atoms with Gasteiger partial charge in [-0.25, -0.2) is 0 Å². The summed E-state index contributed by atoms with van der Waals surface area (Å²) in [6.45, 7) is 2.48. The first-order valence-electron chi connectivity index (χ1n) is 7.11. The molecule has 0 saturated carbocycles. The Morgan fingerprint density at radius 3 is 2.86 bits per heavy atom. The van der Waals surface area contributed by atoms with Crippen molar-refractivity contribution in [3.8, 4) is 5.75 Å². The van der Waals surface area contributed by atoms with E-state index in [1.807, 2.05) is 31.2 Å². The molecule has 0 spiro atoms. The third-order valence-corrected chi connectivity index (χ3v) is 3.37. The highest BCUT2D eigenvalue weighted by molar-refractivity contribution is 5.75. The number of amides is 1. The van der Waals surface area contributed by atoms with E-state index in [2.05, 4.69) is 11.4 Å². The van der Waals surface area contributed by atoms with Crippen LogP contribution in [0.4, 0.5) is 0 Å². The maximum atomic E-state index is 11.7. The highest BCUT2D eigenvalue weighted by atomic mass is 16.5. The fourth-order valence-corrected chi connectivity index (χ4v) is 2.24. The van der Waals surface area contributed by atoms with Crippen molar-refractivity contribution in [2.75, 3.05) is 7.11 Å². The van der Waals surface area contributed by atoms with Crippen molar-refractivity contribution in [1.82, 2.24) is 5.32 Å². The minimum absolute atomic E-state index is 0.0524. The van der Waals surface area contributed by atoms with Gasteiger partial charge < -0.3 is 14.5 Å². The molecule has 0 aliphatic carbocycles. The summed E-state index contributed by atoms with van der Waals surface area (Å²) in [6, 6.07) is 9.79. The molecule has 112 valence electrons. The molecule has 1 heterocycles. The number of benzene rings is 1. The van der Waals surface area contributed by atoms with Gasteiger partial charge in [0.25, 0.3) is 0 Å². The van der Waals surface area contributed by atoms with Crippen LogP contribution in [0.15, 0.2) is 41.0 Å². The number of carbonyl (C=O) groups is 1. The van der Waals surface area contributed by atoms with Gasteiger partial charge in [0, 0.05) is 6.42 Å². The lowest BCUT2D eigenvalue weighted by Crippen LogP contribution is -2.22. The van der Waals surface area contributed by atoms with E-state index in [-0.39, 0.29) is 5.91 Å². The molecular formula is C17H21NO3. The second-order valence-corrected chi connectivity index (χ2v) is 5.01. The minimum Gasteiger partial charge on any atom is -0.496 e. The van der Waals surface area contributed by atoms with Crippen molar-refractivity contribution in [1.29, 1.82) is 0 Å². The van der Waals surface area contributed by atoms with Crippen molar-refractivity contribution in [3.05, 3.63) is 53.5 Å². The van der Waals surface area contributed by atoms with Crippen LogP contribution in [0.3, 0.4) is 0 Å². The average molecular weight is 287 g/mol. The normalized spacial score (nSPS) is 10.4. The molecule has 1 aromatic heterocycles. The Morgan fingerprint density at radius 2 is 2.19 bits per heavy atom. The van der Waals surface area contributed by atoms with Gasteiger partial charge in [0.15, 0.2) is 0 Å². The van der Waals surface area contributed by atoms with Crippen LogP contribution in [0, 0.1) is 6.92 Å². The van der Waals surface area contributed by atoms with Crippen LogP contribution < -0.4 is 10.1 Å². The van der Waals surface area contributed by atoms with E-state index >= 15 is 0 Å². The highest BCUT2D eigenvalue weighted by Crippen LogP contribution is 2.19. The summed E-state index contributed by atoms with van der Waals surface area (Å²) in [7, 11) is 1.67. The van der Waals surface area contributed by atoms with Gasteiger partial charge in [-0.3, -0.25) is 4.79 Å². The van der Waals surface area contributed by atoms with Crippen LogP contribution in [0.2, 0.25) is 0 Å². The lowest BCUT2D eigenvalue weighted by Gasteiger charge is -2.07. The zero-order valence-electron chi connectivity index (χ0n) is 12.5. The Labute approximate surface area is 125 Å². The number of ether oxygens (including phenoxy) is 1. The Kier molecular flexibility index (Phi) is 5.43. The molecule has 0 aliphatic heterocycles. The van der Waals surface area contributed by atoms with E-state index in [4.69, 9.17) is 9.15 Å². The maximum Gasteiger partial charge on any atom is 0.220 e. The molecule has 0 saturated heterocycles. The number of carbonyl (C=O) groups excluding carboxylic acids is 1. The average Bonchev–Trinajstić information content (AvgIpc) is 2.99. The Hall–Kier alpha value is -2.23. The number of furan rings is 1. The fourth-order valence-electron chi connectivity index (χ4n) is 2.24. The first-order valence-corrected chi connectivity index (χ1v) is 7.11. The van der Waals surface area contributed by atoms with Crippen molar-refractivity contribution in [3.63, 3.8) is 0 Å². The van der Waals surface area contributed by atoms with E-state index < -0.39 is 0 Å². The first kappa shape index (κ1) is 15.2. The smallest absolute Gasteiger partial charge is 0.220 e. The van der Waals surface area contributed by atoms with E-state index in [0.717, 1.165) is 29.9 Å². The number of rotatable bonds is 7. The predicted molar refractivity (Wildman–Crippen MR) is 81.2 cm³/mol. The van der Waals surface area contributed by atoms with E-state index in [9.17, 15) is 4.79 Å². The largest absolute Gasteiger partial charge is 0.496 e. The van der Waals surface area contributed by atoms with Gasteiger partial charge in [-0.1, -0.05) is 12.1 Å². The fraction of sp³-hybridized carbons (Fsp3) is 0.353.